The van der Waals surface area contributed by atoms with Crippen LogP contribution in [0.1, 0.15) is 57.1 Å². The number of likely N-dealkylation sites (tertiary alicyclic amines) is 1. The number of rotatable bonds is 6. The number of ether oxygens (including phenoxy) is 1. The van der Waals surface area contributed by atoms with E-state index in [1.54, 1.807) is 12.1 Å². The van der Waals surface area contributed by atoms with E-state index >= 15 is 0 Å². The van der Waals surface area contributed by atoms with Crippen LogP contribution < -0.4 is 0 Å². The first-order valence-corrected chi connectivity index (χ1v) is 12.4. The lowest BCUT2D eigenvalue weighted by Gasteiger charge is -2.38. The van der Waals surface area contributed by atoms with Gasteiger partial charge in [0.05, 0.1) is 12.4 Å². The summed E-state index contributed by atoms with van der Waals surface area (Å²) in [4.78, 5) is 27.4. The molecule has 4 rings (SSSR count). The number of hydrogen-bond donors (Lipinski definition) is 0. The fourth-order valence-corrected chi connectivity index (χ4v) is 6.81. The van der Waals surface area contributed by atoms with Crippen molar-refractivity contribution in [2.75, 3.05) is 13.2 Å². The van der Waals surface area contributed by atoms with E-state index in [2.05, 4.69) is 0 Å². The molecule has 3 aliphatic rings. The highest BCUT2D eigenvalue weighted by Crippen LogP contribution is 2.33. The molecule has 3 fully saturated rings. The van der Waals surface area contributed by atoms with E-state index in [-0.39, 0.29) is 30.2 Å². The molecule has 0 radical (unpaired) electrons. The predicted molar refractivity (Wildman–Crippen MR) is 106 cm³/mol. The van der Waals surface area contributed by atoms with Crippen molar-refractivity contribution >= 4 is 21.5 Å². The average Bonchev–Trinajstić information content (AvgIpc) is 3.36. The van der Waals surface area contributed by atoms with Crippen LogP contribution in [0.3, 0.4) is 0 Å². The van der Waals surface area contributed by atoms with E-state index in [1.165, 1.54) is 11.2 Å². The molecule has 160 valence electrons. The van der Waals surface area contributed by atoms with Crippen molar-refractivity contribution in [2.24, 2.45) is 5.92 Å². The Morgan fingerprint density at radius 3 is 2.69 bits per heavy atom. The van der Waals surface area contributed by atoms with Crippen molar-refractivity contribution in [3.05, 3.63) is 24.2 Å². The molecule has 1 aliphatic carbocycles. The van der Waals surface area contributed by atoms with E-state index in [0.29, 0.717) is 25.1 Å². The highest BCUT2D eigenvalue weighted by Gasteiger charge is 2.48. The Morgan fingerprint density at radius 2 is 1.97 bits per heavy atom. The number of fused-ring (bicyclic) bond motifs is 1. The van der Waals surface area contributed by atoms with Crippen molar-refractivity contribution < 1.29 is 27.2 Å². The highest BCUT2D eigenvalue weighted by atomic mass is 32.2. The summed E-state index contributed by atoms with van der Waals surface area (Å²) in [5.74, 6) is -0.294. The predicted octanol–water partition coefficient (Wildman–Crippen LogP) is 2.49. The smallest absolute Gasteiger partial charge is 0.241 e. The van der Waals surface area contributed by atoms with E-state index in [9.17, 15) is 18.0 Å². The lowest BCUT2D eigenvalue weighted by molar-refractivity contribution is -0.140. The zero-order chi connectivity index (χ0) is 20.4. The molecule has 2 aliphatic heterocycles. The van der Waals surface area contributed by atoms with E-state index < -0.39 is 27.0 Å². The molecule has 0 aromatic carbocycles. The van der Waals surface area contributed by atoms with Crippen LogP contribution in [0, 0.1) is 5.92 Å². The average molecular weight is 424 g/mol. The number of Topliss-reactive ketones (excluding diaryl/α,β-unsaturated/α-hetero) is 1. The molecule has 7 nitrogen and oxygen atoms in total. The number of hydrogen-bond acceptors (Lipinski definition) is 6. The molecular formula is C21H29NO6S. The summed E-state index contributed by atoms with van der Waals surface area (Å²) < 4.78 is 37.4. The van der Waals surface area contributed by atoms with Crippen molar-refractivity contribution in [3.8, 4) is 0 Å². The van der Waals surface area contributed by atoms with Gasteiger partial charge in [0.25, 0.3) is 0 Å². The Balaban J connectivity index is 1.59. The second kappa shape index (κ2) is 8.60. The SMILES string of the molecule is O=C1CO[C@@H]2CCCN(C(=O)[C@H](CC3CCCCC3)S(=O)(=O)Cc3ccco3)[C@H]12. The fraction of sp³-hybridized carbons (Fsp3) is 0.714. The monoisotopic (exact) mass is 423 g/mol. The maximum Gasteiger partial charge on any atom is 0.241 e. The van der Waals surface area contributed by atoms with Crippen molar-refractivity contribution in [1.29, 1.82) is 0 Å². The lowest BCUT2D eigenvalue weighted by Crippen LogP contribution is -2.56. The molecule has 3 atom stereocenters. The number of nitrogens with zero attached hydrogens (tertiary/aromatic N) is 1. The summed E-state index contributed by atoms with van der Waals surface area (Å²) in [6, 6.07) is 2.63. The zero-order valence-corrected chi connectivity index (χ0v) is 17.4. The van der Waals surface area contributed by atoms with Crippen molar-refractivity contribution in [2.45, 2.75) is 74.5 Å². The number of sulfone groups is 1. The maximum absolute atomic E-state index is 13.5. The second-order valence-corrected chi connectivity index (χ2v) is 10.7. The zero-order valence-electron chi connectivity index (χ0n) is 16.6. The van der Waals surface area contributed by atoms with Gasteiger partial charge in [-0.2, -0.15) is 0 Å². The van der Waals surface area contributed by atoms with Gasteiger partial charge in [-0.15, -0.1) is 0 Å². The Bertz CT molecular complexity index is 827. The van der Waals surface area contributed by atoms with Gasteiger partial charge in [-0.1, -0.05) is 32.1 Å². The molecule has 1 saturated carbocycles. The Kier molecular flexibility index (Phi) is 6.11. The molecule has 2 saturated heterocycles. The lowest BCUT2D eigenvalue weighted by atomic mass is 9.85. The quantitative estimate of drug-likeness (QED) is 0.698. The molecule has 1 amide bonds. The van der Waals surface area contributed by atoms with Crippen LogP contribution in [0.4, 0.5) is 0 Å². The first kappa shape index (κ1) is 20.6. The summed E-state index contributed by atoms with van der Waals surface area (Å²) in [6.07, 6.45) is 8.12. The van der Waals surface area contributed by atoms with Gasteiger partial charge in [0.1, 0.15) is 29.4 Å². The van der Waals surface area contributed by atoms with Gasteiger partial charge in [0, 0.05) is 6.54 Å². The van der Waals surface area contributed by atoms with Crippen LogP contribution in [-0.4, -0.2) is 55.6 Å². The summed E-state index contributed by atoms with van der Waals surface area (Å²) in [7, 11) is -3.78. The minimum atomic E-state index is -3.78. The molecule has 8 heteroatoms. The number of carbonyl (C=O) groups is 2. The molecule has 0 bridgehead atoms. The van der Waals surface area contributed by atoms with Crippen LogP contribution in [0.15, 0.2) is 22.8 Å². The Labute approximate surface area is 171 Å². The number of ketones is 1. The maximum atomic E-state index is 13.5. The third-order valence-electron chi connectivity index (χ3n) is 6.53. The Morgan fingerprint density at radius 1 is 1.17 bits per heavy atom. The number of amides is 1. The van der Waals surface area contributed by atoms with Gasteiger partial charge in [-0.05, 0) is 37.3 Å². The van der Waals surface area contributed by atoms with Crippen LogP contribution in [0.5, 0.6) is 0 Å². The number of carbonyl (C=O) groups excluding carboxylic acids is 2. The van der Waals surface area contributed by atoms with Gasteiger partial charge < -0.3 is 14.1 Å². The molecule has 1 aromatic rings. The van der Waals surface area contributed by atoms with Gasteiger partial charge in [-0.25, -0.2) is 8.42 Å². The number of furan rings is 1. The standard InChI is InChI=1S/C21H29NO6S/c23-17-13-28-18-9-4-10-22(20(17)18)21(24)19(12-15-6-2-1-3-7-15)29(25,26)14-16-8-5-11-27-16/h5,8,11,15,18-20H,1-4,6-7,9-10,12-14H2/t18-,19+,20-/m1/s1. The summed E-state index contributed by atoms with van der Waals surface area (Å²) in [6.45, 7) is 0.415. The molecule has 1 aromatic heterocycles. The summed E-state index contributed by atoms with van der Waals surface area (Å²) in [5, 5.41) is -1.14. The van der Waals surface area contributed by atoms with Crippen LogP contribution in [-0.2, 0) is 29.9 Å². The van der Waals surface area contributed by atoms with Crippen molar-refractivity contribution in [1.82, 2.24) is 4.90 Å². The third-order valence-corrected chi connectivity index (χ3v) is 8.48. The molecule has 0 N–H and O–H groups in total. The normalized spacial score (nSPS) is 27.0. The second-order valence-electron chi connectivity index (χ2n) is 8.55. The summed E-state index contributed by atoms with van der Waals surface area (Å²) in [5.41, 5.74) is 0. The van der Waals surface area contributed by atoms with E-state index in [4.69, 9.17) is 9.15 Å². The molecular weight excluding hydrogens is 394 g/mol. The van der Waals surface area contributed by atoms with Crippen LogP contribution >= 0.6 is 0 Å². The van der Waals surface area contributed by atoms with Gasteiger partial charge in [-0.3, -0.25) is 9.59 Å². The topological polar surface area (TPSA) is 93.9 Å². The highest BCUT2D eigenvalue weighted by molar-refractivity contribution is 7.92. The van der Waals surface area contributed by atoms with Gasteiger partial charge >= 0.3 is 0 Å². The minimum Gasteiger partial charge on any atom is -0.468 e. The van der Waals surface area contributed by atoms with Crippen LogP contribution in [0.2, 0.25) is 0 Å². The van der Waals surface area contributed by atoms with Gasteiger partial charge in [0.2, 0.25) is 5.91 Å². The van der Waals surface area contributed by atoms with Crippen LogP contribution in [0.25, 0.3) is 0 Å². The molecule has 29 heavy (non-hydrogen) atoms. The van der Waals surface area contributed by atoms with Gasteiger partial charge in [0.15, 0.2) is 15.6 Å². The largest absolute Gasteiger partial charge is 0.468 e. The molecule has 3 heterocycles. The molecule has 0 unspecified atom stereocenters. The fourth-order valence-electron chi connectivity index (χ4n) is 5.04. The molecule has 0 spiro atoms. The number of piperidine rings is 1. The Hall–Kier alpha value is -1.67. The van der Waals surface area contributed by atoms with E-state index in [0.717, 1.165) is 38.5 Å². The first-order chi connectivity index (χ1) is 14.0. The first-order valence-electron chi connectivity index (χ1n) is 10.6. The summed E-state index contributed by atoms with van der Waals surface area (Å²) >= 11 is 0. The van der Waals surface area contributed by atoms with Crippen molar-refractivity contribution in [3.63, 3.8) is 0 Å². The third kappa shape index (κ3) is 4.43. The minimum absolute atomic E-state index is 0.00551. The van der Waals surface area contributed by atoms with E-state index in [1.807, 2.05) is 0 Å².